The van der Waals surface area contributed by atoms with E-state index in [1.807, 2.05) is 116 Å². The van der Waals surface area contributed by atoms with Gasteiger partial charge >= 0.3 is 42.1 Å². The summed E-state index contributed by atoms with van der Waals surface area (Å²) < 4.78 is 14.6. The Hall–Kier alpha value is -4.96. The van der Waals surface area contributed by atoms with Crippen molar-refractivity contribution in [1.82, 2.24) is 24.5 Å². The van der Waals surface area contributed by atoms with E-state index < -0.39 is 0 Å². The number of rotatable bonds is 8. The summed E-state index contributed by atoms with van der Waals surface area (Å²) in [4.78, 5) is 18.6. The Bertz CT molecular complexity index is 2370. The second kappa shape index (κ2) is 15.7. The van der Waals surface area contributed by atoms with Crippen LogP contribution in [0.3, 0.4) is 0 Å². The van der Waals surface area contributed by atoms with Crippen molar-refractivity contribution in [2.45, 2.75) is 33.6 Å². The minimum absolute atomic E-state index is 0. The third-order valence-electron chi connectivity index (χ3n) is 8.42. The molecule has 0 amide bonds. The molecule has 9 heteroatoms. The van der Waals surface area contributed by atoms with Crippen LogP contribution in [-0.4, -0.2) is 24.5 Å². The molecule has 0 atom stereocenters. The van der Waals surface area contributed by atoms with Crippen LogP contribution in [0.5, 0.6) is 23.0 Å². The van der Waals surface area contributed by atoms with Crippen molar-refractivity contribution in [2.75, 3.05) is 0 Å². The summed E-state index contributed by atoms with van der Waals surface area (Å²) in [5.74, 6) is 2.96. The first-order chi connectivity index (χ1) is 24.4. The van der Waals surface area contributed by atoms with Gasteiger partial charge in [-0.2, -0.15) is 22.9 Å². The molecule has 0 saturated carbocycles. The van der Waals surface area contributed by atoms with Gasteiger partial charge in [-0.1, -0.05) is 60.3 Å². The van der Waals surface area contributed by atoms with Gasteiger partial charge in [0.25, 0.3) is 0 Å². The van der Waals surface area contributed by atoms with Gasteiger partial charge in [-0.15, -0.1) is 71.8 Å². The first-order valence-electron chi connectivity index (χ1n) is 16.4. The molecule has 0 aliphatic heterocycles. The predicted octanol–water partition coefficient (Wildman–Crippen LogP) is 10.2. The number of aryl methyl sites for hydroxylation is 2. The Morgan fingerprint density at radius 2 is 1.02 bits per heavy atom. The molecule has 0 unspecified atom stereocenters. The van der Waals surface area contributed by atoms with Crippen LogP contribution in [0.1, 0.15) is 36.5 Å². The number of ether oxygens (including phenoxy) is 2. The Labute approximate surface area is 331 Å². The molecular weight excluding hydrogens is 1010 g/mol. The predicted molar refractivity (Wildman–Crippen MR) is 195 cm³/mol. The van der Waals surface area contributed by atoms with Crippen LogP contribution in [0.15, 0.2) is 110 Å². The fourth-order valence-electron chi connectivity index (χ4n) is 5.81. The van der Waals surface area contributed by atoms with Crippen LogP contribution in [0.25, 0.3) is 50.3 Å². The SMILES string of the molecule is Cc1ccnc(-c2[c-]c(Oc3[c-]c4c(cc3)c3ccc(Oc5[c-]c(-c6cc(C)ccn6)ccc5)[c-]c3n4-c3ncc(C(C)C)cn3)ccc2)c1.[Pt+2].[Pt+2]. The van der Waals surface area contributed by atoms with E-state index in [1.165, 1.54) is 0 Å². The molecule has 7 nitrogen and oxygen atoms in total. The molecular formula is C43H31N5O2Pt2. The molecule has 0 radical (unpaired) electrons. The van der Waals surface area contributed by atoms with Crippen LogP contribution in [0, 0.1) is 38.1 Å². The van der Waals surface area contributed by atoms with Gasteiger partial charge in [-0.3, -0.25) is 0 Å². The fraction of sp³-hybridized carbons (Fsp3) is 0.116. The summed E-state index contributed by atoms with van der Waals surface area (Å²) >= 11 is 0. The average molecular weight is 1040 g/mol. The standard InChI is InChI=1S/C43H31N5O2.2Pt/c1-27(2)32-25-46-43(47-26-32)48-41-23-35(49-33-9-5-7-30(21-33)39-19-28(3)15-17-44-39)11-13-37(41)38-14-12-36(24-42(38)48)50-34-10-6-8-31(22-34)40-20-29(4)16-18-45-40;;/h5-20,25-27H,1-4H3;;/q-4;2*+2. The maximum Gasteiger partial charge on any atom is 2.00 e. The number of pyridine rings is 2. The van der Waals surface area contributed by atoms with Gasteiger partial charge < -0.3 is 24.0 Å². The Balaban J connectivity index is 0.00000232. The van der Waals surface area contributed by atoms with Gasteiger partial charge in [0, 0.05) is 47.8 Å². The maximum atomic E-state index is 6.34. The molecule has 0 N–H and O–H groups in total. The summed E-state index contributed by atoms with van der Waals surface area (Å²) in [6, 6.07) is 41.1. The van der Waals surface area contributed by atoms with Crippen LogP contribution in [0.4, 0.5) is 0 Å². The zero-order valence-electron chi connectivity index (χ0n) is 28.7. The van der Waals surface area contributed by atoms with Crippen molar-refractivity contribution in [2.24, 2.45) is 0 Å². The summed E-state index contributed by atoms with van der Waals surface area (Å²) in [5, 5.41) is 1.90. The summed E-state index contributed by atoms with van der Waals surface area (Å²) in [6.45, 7) is 8.33. The third-order valence-corrected chi connectivity index (χ3v) is 8.42. The van der Waals surface area contributed by atoms with Crippen molar-refractivity contribution < 1.29 is 51.6 Å². The number of hydrogen-bond donors (Lipinski definition) is 0. The summed E-state index contributed by atoms with van der Waals surface area (Å²) in [7, 11) is 0. The van der Waals surface area contributed by atoms with Gasteiger partial charge in [0.05, 0.1) is 0 Å². The topological polar surface area (TPSA) is 75.0 Å². The van der Waals surface area contributed by atoms with Crippen LogP contribution in [0.2, 0.25) is 0 Å². The molecule has 8 aromatic rings. The third kappa shape index (κ3) is 7.62. The average Bonchev–Trinajstić information content (AvgIpc) is 3.44. The molecule has 0 aliphatic carbocycles. The number of nitrogens with zero attached hydrogens (tertiary/aromatic N) is 5. The van der Waals surface area contributed by atoms with E-state index in [2.05, 4.69) is 48.1 Å². The van der Waals surface area contributed by atoms with E-state index in [4.69, 9.17) is 19.4 Å². The number of fused-ring (bicyclic) bond motifs is 3. The van der Waals surface area contributed by atoms with Crippen molar-refractivity contribution in [3.63, 3.8) is 0 Å². The first kappa shape index (κ1) is 36.8. The molecule has 52 heavy (non-hydrogen) atoms. The van der Waals surface area contributed by atoms with Gasteiger partial charge in [-0.25, -0.2) is 9.97 Å². The summed E-state index contributed by atoms with van der Waals surface area (Å²) in [5.41, 5.74) is 8.16. The van der Waals surface area contributed by atoms with Gasteiger partial charge in [-0.05, 0) is 48.8 Å². The molecule has 0 saturated heterocycles. The monoisotopic (exact) mass is 1040 g/mol. The second-order valence-corrected chi connectivity index (χ2v) is 12.5. The van der Waals surface area contributed by atoms with Gasteiger partial charge in [0.2, 0.25) is 5.95 Å². The van der Waals surface area contributed by atoms with E-state index in [0.717, 1.165) is 61.0 Å². The molecule has 0 fully saturated rings. The van der Waals surface area contributed by atoms with Gasteiger partial charge in [0.1, 0.15) is 0 Å². The Kier molecular flexibility index (Phi) is 11.1. The molecule has 0 bridgehead atoms. The zero-order valence-corrected chi connectivity index (χ0v) is 33.2. The number of aromatic nitrogens is 5. The molecule has 260 valence electrons. The quantitative estimate of drug-likeness (QED) is 0.141. The smallest absolute Gasteiger partial charge is 0.503 e. The van der Waals surface area contributed by atoms with Crippen molar-refractivity contribution >= 4 is 21.8 Å². The van der Waals surface area contributed by atoms with E-state index >= 15 is 0 Å². The van der Waals surface area contributed by atoms with E-state index in [0.29, 0.717) is 34.9 Å². The Morgan fingerprint density at radius 1 is 0.558 bits per heavy atom. The number of hydrogen-bond acceptors (Lipinski definition) is 6. The van der Waals surface area contributed by atoms with Crippen LogP contribution >= 0.6 is 0 Å². The fourth-order valence-corrected chi connectivity index (χ4v) is 5.81. The molecule has 8 rings (SSSR count). The maximum absolute atomic E-state index is 6.34. The minimum Gasteiger partial charge on any atom is -0.503 e. The van der Waals surface area contributed by atoms with E-state index in [1.54, 1.807) is 12.4 Å². The van der Waals surface area contributed by atoms with Crippen molar-refractivity contribution in [3.8, 4) is 51.5 Å². The van der Waals surface area contributed by atoms with Crippen molar-refractivity contribution in [3.05, 3.63) is 151 Å². The molecule has 4 heterocycles. The zero-order chi connectivity index (χ0) is 34.2. The summed E-state index contributed by atoms with van der Waals surface area (Å²) in [6.07, 6.45) is 7.33. The van der Waals surface area contributed by atoms with Crippen molar-refractivity contribution in [1.29, 1.82) is 0 Å². The normalized spacial score (nSPS) is 10.9. The molecule has 4 aromatic heterocycles. The second-order valence-electron chi connectivity index (χ2n) is 12.5. The molecule has 4 aromatic carbocycles. The van der Waals surface area contributed by atoms with Crippen LogP contribution in [-0.2, 0) is 42.1 Å². The number of benzene rings is 4. The van der Waals surface area contributed by atoms with E-state index in [9.17, 15) is 0 Å². The largest absolute Gasteiger partial charge is 2.00 e. The van der Waals surface area contributed by atoms with Gasteiger partial charge in [0.15, 0.2) is 0 Å². The molecule has 0 aliphatic rings. The van der Waals surface area contributed by atoms with Crippen LogP contribution < -0.4 is 9.47 Å². The Morgan fingerprint density at radius 3 is 1.46 bits per heavy atom. The first-order valence-corrected chi connectivity index (χ1v) is 16.4. The van der Waals surface area contributed by atoms with E-state index in [-0.39, 0.29) is 42.1 Å². The minimum atomic E-state index is 0. The molecule has 0 spiro atoms.